The Bertz CT molecular complexity index is 521. The number of carbonyl (C=O) groups is 1. The van der Waals surface area contributed by atoms with Crippen LogP contribution < -0.4 is 10.6 Å². The van der Waals surface area contributed by atoms with Crippen LogP contribution in [-0.4, -0.2) is 24.3 Å². The van der Waals surface area contributed by atoms with E-state index in [-0.39, 0.29) is 24.0 Å². The van der Waals surface area contributed by atoms with Crippen LogP contribution in [0, 0.1) is 11.7 Å². The Morgan fingerprint density at radius 2 is 1.91 bits per heavy atom. The Morgan fingerprint density at radius 3 is 2.43 bits per heavy atom. The zero-order valence-electron chi connectivity index (χ0n) is 14.4. The maximum absolute atomic E-state index is 13.0. The molecule has 0 spiro atoms. The van der Waals surface area contributed by atoms with Crippen LogP contribution in [0.25, 0.3) is 0 Å². The van der Waals surface area contributed by atoms with Gasteiger partial charge >= 0.3 is 6.09 Å². The number of amides is 1. The highest BCUT2D eigenvalue weighted by atomic mass is 19.1. The van der Waals surface area contributed by atoms with Gasteiger partial charge in [-0.2, -0.15) is 0 Å². The van der Waals surface area contributed by atoms with Crippen molar-refractivity contribution in [2.24, 2.45) is 5.92 Å². The van der Waals surface area contributed by atoms with Crippen LogP contribution in [0.2, 0.25) is 0 Å². The van der Waals surface area contributed by atoms with Gasteiger partial charge in [0.05, 0.1) is 0 Å². The van der Waals surface area contributed by atoms with Crippen molar-refractivity contribution in [1.29, 1.82) is 0 Å². The first-order chi connectivity index (χ1) is 10.7. The van der Waals surface area contributed by atoms with Gasteiger partial charge in [-0.3, -0.25) is 0 Å². The van der Waals surface area contributed by atoms with Crippen molar-refractivity contribution in [3.8, 4) is 0 Å². The molecular formula is C18H27FN2O2. The van der Waals surface area contributed by atoms with E-state index in [9.17, 15) is 9.18 Å². The standard InChI is InChI=1S/C18H27FN2O2/c1-12(13-7-9-15(19)10-8-13)20-11-16(14-5-6-14)21-17(22)23-18(2,3)4/h7-10,12,14,16,20H,5-6,11H2,1-4H3,(H,21,22). The molecule has 5 heteroatoms. The quantitative estimate of drug-likeness (QED) is 0.838. The molecule has 4 nitrogen and oxygen atoms in total. The maximum atomic E-state index is 13.0. The van der Waals surface area contributed by atoms with Gasteiger partial charge in [-0.05, 0) is 64.2 Å². The molecule has 1 aromatic carbocycles. The van der Waals surface area contributed by atoms with Crippen molar-refractivity contribution in [2.45, 2.75) is 58.2 Å². The summed E-state index contributed by atoms with van der Waals surface area (Å²) in [6, 6.07) is 6.64. The van der Waals surface area contributed by atoms with Crippen molar-refractivity contribution in [3.63, 3.8) is 0 Å². The number of rotatable bonds is 6. The Morgan fingerprint density at radius 1 is 1.30 bits per heavy atom. The molecule has 23 heavy (non-hydrogen) atoms. The van der Waals surface area contributed by atoms with Gasteiger partial charge in [0, 0.05) is 18.6 Å². The van der Waals surface area contributed by atoms with Gasteiger partial charge in [-0.25, -0.2) is 9.18 Å². The largest absolute Gasteiger partial charge is 0.444 e. The predicted molar refractivity (Wildman–Crippen MR) is 88.7 cm³/mol. The average molecular weight is 322 g/mol. The lowest BCUT2D eigenvalue weighted by Gasteiger charge is -2.25. The summed E-state index contributed by atoms with van der Waals surface area (Å²) in [5.41, 5.74) is 0.533. The Balaban J connectivity index is 1.85. The van der Waals surface area contributed by atoms with E-state index in [0.717, 1.165) is 18.4 Å². The summed E-state index contributed by atoms with van der Waals surface area (Å²) < 4.78 is 18.3. The van der Waals surface area contributed by atoms with Gasteiger partial charge in [0.1, 0.15) is 11.4 Å². The zero-order chi connectivity index (χ0) is 17.0. The van der Waals surface area contributed by atoms with Gasteiger partial charge in [0.2, 0.25) is 0 Å². The van der Waals surface area contributed by atoms with E-state index in [1.54, 1.807) is 12.1 Å². The highest BCUT2D eigenvalue weighted by Crippen LogP contribution is 2.32. The number of carbonyl (C=O) groups excluding carboxylic acids is 1. The number of benzene rings is 1. The molecule has 0 aliphatic heterocycles. The number of hydrogen-bond acceptors (Lipinski definition) is 3. The van der Waals surface area contributed by atoms with Crippen LogP contribution >= 0.6 is 0 Å². The van der Waals surface area contributed by atoms with Crippen LogP contribution in [-0.2, 0) is 4.74 Å². The van der Waals surface area contributed by atoms with E-state index < -0.39 is 5.60 Å². The highest BCUT2D eigenvalue weighted by molar-refractivity contribution is 5.68. The number of nitrogens with one attached hydrogen (secondary N) is 2. The third kappa shape index (κ3) is 6.18. The Kier molecular flexibility index (Phi) is 5.63. The minimum absolute atomic E-state index is 0.0627. The normalized spacial score (nSPS) is 17.4. The number of alkyl carbamates (subject to hydrolysis) is 1. The van der Waals surface area contributed by atoms with Crippen molar-refractivity contribution in [3.05, 3.63) is 35.6 Å². The smallest absolute Gasteiger partial charge is 0.407 e. The topological polar surface area (TPSA) is 50.4 Å². The molecule has 1 saturated carbocycles. The van der Waals surface area contributed by atoms with E-state index >= 15 is 0 Å². The number of ether oxygens (including phenoxy) is 1. The Hall–Kier alpha value is -1.62. The molecule has 1 aliphatic rings. The number of hydrogen-bond donors (Lipinski definition) is 2. The van der Waals surface area contributed by atoms with E-state index in [1.165, 1.54) is 12.1 Å². The Labute approximate surface area is 137 Å². The molecule has 0 bridgehead atoms. The van der Waals surface area contributed by atoms with E-state index in [1.807, 2.05) is 27.7 Å². The molecule has 128 valence electrons. The third-order valence-electron chi connectivity index (χ3n) is 3.91. The molecule has 1 aliphatic carbocycles. The first-order valence-corrected chi connectivity index (χ1v) is 8.23. The monoisotopic (exact) mass is 322 g/mol. The average Bonchev–Trinajstić information content (AvgIpc) is 3.26. The fourth-order valence-corrected chi connectivity index (χ4v) is 2.47. The lowest BCUT2D eigenvalue weighted by atomic mass is 10.1. The second-order valence-corrected chi connectivity index (χ2v) is 7.27. The maximum Gasteiger partial charge on any atom is 0.407 e. The zero-order valence-corrected chi connectivity index (χ0v) is 14.4. The van der Waals surface area contributed by atoms with Crippen LogP contribution in [0.4, 0.5) is 9.18 Å². The molecule has 0 radical (unpaired) electrons. The van der Waals surface area contributed by atoms with E-state index in [2.05, 4.69) is 10.6 Å². The summed E-state index contributed by atoms with van der Waals surface area (Å²) in [6.07, 6.45) is 1.89. The second kappa shape index (κ2) is 7.30. The summed E-state index contributed by atoms with van der Waals surface area (Å²) in [5, 5.41) is 6.38. The molecule has 0 heterocycles. The molecule has 2 rings (SSSR count). The summed E-state index contributed by atoms with van der Waals surface area (Å²) in [5.74, 6) is 0.277. The van der Waals surface area contributed by atoms with Crippen molar-refractivity contribution in [1.82, 2.24) is 10.6 Å². The fraction of sp³-hybridized carbons (Fsp3) is 0.611. The molecular weight excluding hydrogens is 295 g/mol. The molecule has 1 aromatic rings. The van der Waals surface area contributed by atoms with Crippen LogP contribution in [0.3, 0.4) is 0 Å². The van der Waals surface area contributed by atoms with Crippen LogP contribution in [0.5, 0.6) is 0 Å². The molecule has 0 aromatic heterocycles. The lowest BCUT2D eigenvalue weighted by molar-refractivity contribution is 0.0497. The van der Waals surface area contributed by atoms with Crippen molar-refractivity contribution < 1.29 is 13.9 Å². The minimum Gasteiger partial charge on any atom is -0.444 e. The van der Waals surface area contributed by atoms with Crippen LogP contribution in [0.1, 0.15) is 52.1 Å². The molecule has 2 atom stereocenters. The molecule has 2 N–H and O–H groups in total. The molecule has 2 unspecified atom stereocenters. The molecule has 1 fully saturated rings. The van der Waals surface area contributed by atoms with Gasteiger partial charge in [-0.1, -0.05) is 12.1 Å². The summed E-state index contributed by atoms with van der Waals surface area (Å²) in [7, 11) is 0. The summed E-state index contributed by atoms with van der Waals surface area (Å²) in [4.78, 5) is 12.0. The highest BCUT2D eigenvalue weighted by Gasteiger charge is 2.33. The van der Waals surface area contributed by atoms with Gasteiger partial charge in [-0.15, -0.1) is 0 Å². The third-order valence-corrected chi connectivity index (χ3v) is 3.91. The van der Waals surface area contributed by atoms with Crippen molar-refractivity contribution in [2.75, 3.05) is 6.54 Å². The van der Waals surface area contributed by atoms with Crippen molar-refractivity contribution >= 4 is 6.09 Å². The minimum atomic E-state index is -0.493. The summed E-state index contributed by atoms with van der Waals surface area (Å²) >= 11 is 0. The molecule has 1 amide bonds. The first kappa shape index (κ1) is 17.7. The van der Waals surface area contributed by atoms with E-state index in [0.29, 0.717) is 12.5 Å². The van der Waals surface area contributed by atoms with Gasteiger partial charge in [0.15, 0.2) is 0 Å². The summed E-state index contributed by atoms with van der Waals surface area (Å²) in [6.45, 7) is 8.27. The van der Waals surface area contributed by atoms with Crippen LogP contribution in [0.15, 0.2) is 24.3 Å². The number of halogens is 1. The fourth-order valence-electron chi connectivity index (χ4n) is 2.47. The first-order valence-electron chi connectivity index (χ1n) is 8.23. The predicted octanol–water partition coefficient (Wildman–Crippen LogP) is 3.78. The second-order valence-electron chi connectivity index (χ2n) is 7.27. The van der Waals surface area contributed by atoms with Gasteiger partial charge in [0.25, 0.3) is 0 Å². The lowest BCUT2D eigenvalue weighted by Crippen LogP contribution is -2.46. The van der Waals surface area contributed by atoms with Gasteiger partial charge < -0.3 is 15.4 Å². The molecule has 0 saturated heterocycles. The van der Waals surface area contributed by atoms with E-state index in [4.69, 9.17) is 4.74 Å². The SMILES string of the molecule is CC(NCC(NC(=O)OC(C)(C)C)C1CC1)c1ccc(F)cc1.